The van der Waals surface area contributed by atoms with E-state index >= 15 is 0 Å². The number of nitrogens with zero attached hydrogens (tertiary/aromatic N) is 3. The molecule has 0 saturated heterocycles. The highest BCUT2D eigenvalue weighted by atomic mass is 16.2. The van der Waals surface area contributed by atoms with Gasteiger partial charge in [0, 0.05) is 12.6 Å². The third kappa shape index (κ3) is 2.32. The van der Waals surface area contributed by atoms with E-state index in [0.29, 0.717) is 18.2 Å². The second-order valence-corrected chi connectivity index (χ2v) is 5.88. The second kappa shape index (κ2) is 5.49. The molecule has 1 aromatic heterocycles. The van der Waals surface area contributed by atoms with Crippen LogP contribution in [0.1, 0.15) is 17.0 Å². The molecule has 0 atom stereocenters. The van der Waals surface area contributed by atoms with Crippen LogP contribution in [0.5, 0.6) is 0 Å². The van der Waals surface area contributed by atoms with Crippen molar-refractivity contribution in [2.45, 2.75) is 13.0 Å². The lowest BCUT2D eigenvalue weighted by Gasteiger charge is -2.18. The number of rotatable bonds is 3. The summed E-state index contributed by atoms with van der Waals surface area (Å²) in [5.41, 5.74) is 6.60. The van der Waals surface area contributed by atoms with Gasteiger partial charge in [0.1, 0.15) is 11.7 Å². The van der Waals surface area contributed by atoms with Crippen LogP contribution in [-0.2, 0) is 24.8 Å². The first-order chi connectivity index (χ1) is 11.6. The maximum Gasteiger partial charge on any atom is 0.246 e. The summed E-state index contributed by atoms with van der Waals surface area (Å²) in [4.78, 5) is 16.9. The number of hydrogen-bond donors (Lipinski definition) is 2. The number of para-hydroxylation sites is 2. The summed E-state index contributed by atoms with van der Waals surface area (Å²) in [7, 11) is 1.91. The van der Waals surface area contributed by atoms with Gasteiger partial charge in [-0.2, -0.15) is 0 Å². The Morgan fingerprint density at radius 2 is 1.96 bits per heavy atom. The van der Waals surface area contributed by atoms with Crippen molar-refractivity contribution in [2.75, 3.05) is 0 Å². The summed E-state index contributed by atoms with van der Waals surface area (Å²) < 4.78 is 1.93. The highest BCUT2D eigenvalue weighted by Crippen LogP contribution is 2.20. The van der Waals surface area contributed by atoms with E-state index in [1.165, 1.54) is 0 Å². The molecule has 4 rings (SSSR count). The molecule has 1 aliphatic rings. The molecule has 0 fully saturated rings. The second-order valence-electron chi connectivity index (χ2n) is 5.88. The fourth-order valence-corrected chi connectivity index (χ4v) is 3.07. The highest BCUT2D eigenvalue weighted by molar-refractivity contribution is 6.01. The molecule has 1 amide bonds. The first kappa shape index (κ1) is 14.4. The molecule has 0 bridgehead atoms. The minimum atomic E-state index is -0.175. The molecular weight excluding hydrogens is 302 g/mol. The van der Waals surface area contributed by atoms with Crippen LogP contribution < -0.4 is 5.43 Å². The fraction of sp³-hybridized carbons (Fsp3) is 0.167. The molecule has 2 heterocycles. The topological polar surface area (TPSA) is 74.0 Å². The van der Waals surface area contributed by atoms with Gasteiger partial charge in [-0.3, -0.25) is 20.6 Å². The van der Waals surface area contributed by atoms with E-state index in [2.05, 4.69) is 10.4 Å². The molecule has 0 unspecified atom stereocenters. The van der Waals surface area contributed by atoms with Crippen LogP contribution >= 0.6 is 0 Å². The molecule has 0 spiro atoms. The van der Waals surface area contributed by atoms with Crippen LogP contribution in [-0.4, -0.2) is 26.3 Å². The van der Waals surface area contributed by atoms with Crippen LogP contribution in [0.3, 0.4) is 0 Å². The summed E-state index contributed by atoms with van der Waals surface area (Å²) in [6.45, 7) is 0.517. The third-order valence-corrected chi connectivity index (χ3v) is 4.33. The Hall–Kier alpha value is -3.15. The van der Waals surface area contributed by atoms with Crippen molar-refractivity contribution in [1.82, 2.24) is 20.0 Å². The number of benzene rings is 2. The number of amides is 1. The molecule has 0 aliphatic carbocycles. The maximum atomic E-state index is 12.4. The van der Waals surface area contributed by atoms with Gasteiger partial charge in [-0.25, -0.2) is 4.98 Å². The Kier molecular flexibility index (Phi) is 3.30. The van der Waals surface area contributed by atoms with Gasteiger partial charge in [0.25, 0.3) is 0 Å². The van der Waals surface area contributed by atoms with Crippen molar-refractivity contribution >= 4 is 22.8 Å². The molecule has 0 radical (unpaired) electrons. The van der Waals surface area contributed by atoms with E-state index in [1.807, 2.05) is 60.1 Å². The fourth-order valence-electron chi connectivity index (χ4n) is 3.07. The van der Waals surface area contributed by atoms with Gasteiger partial charge in [-0.05, 0) is 17.7 Å². The summed E-state index contributed by atoms with van der Waals surface area (Å²) in [5.74, 6) is 0.854. The van der Waals surface area contributed by atoms with Crippen LogP contribution in [0, 0.1) is 5.41 Å². The van der Waals surface area contributed by atoms with Gasteiger partial charge >= 0.3 is 0 Å². The Labute approximate surface area is 139 Å². The smallest absolute Gasteiger partial charge is 0.246 e. The quantitative estimate of drug-likeness (QED) is 0.775. The Bertz CT molecular complexity index is 959. The number of hydrogen-bond acceptors (Lipinski definition) is 3. The largest absolute Gasteiger partial charge is 0.331 e. The molecule has 24 heavy (non-hydrogen) atoms. The molecule has 1 aliphatic heterocycles. The molecule has 3 aromatic rings. The predicted molar refractivity (Wildman–Crippen MR) is 91.4 cm³/mol. The van der Waals surface area contributed by atoms with Crippen LogP contribution in [0.2, 0.25) is 0 Å². The van der Waals surface area contributed by atoms with E-state index in [-0.39, 0.29) is 12.3 Å². The van der Waals surface area contributed by atoms with Crippen LogP contribution in [0.4, 0.5) is 0 Å². The number of carbonyl (C=O) groups excluding carboxylic acids is 1. The molecule has 0 saturated carbocycles. The van der Waals surface area contributed by atoms with Gasteiger partial charge in [-0.15, -0.1) is 0 Å². The van der Waals surface area contributed by atoms with E-state index in [9.17, 15) is 4.79 Å². The zero-order chi connectivity index (χ0) is 16.7. The minimum absolute atomic E-state index is 0.172. The van der Waals surface area contributed by atoms with Crippen molar-refractivity contribution in [2.24, 2.45) is 7.05 Å². The monoisotopic (exact) mass is 319 g/mol. The average molecular weight is 319 g/mol. The van der Waals surface area contributed by atoms with E-state index < -0.39 is 0 Å². The van der Waals surface area contributed by atoms with Crippen molar-refractivity contribution in [3.8, 4) is 0 Å². The first-order valence-corrected chi connectivity index (χ1v) is 7.77. The third-order valence-electron chi connectivity index (χ3n) is 4.33. The summed E-state index contributed by atoms with van der Waals surface area (Å²) in [6, 6.07) is 15.5. The number of hydrazine groups is 1. The number of aryl methyl sites for hydroxylation is 1. The zero-order valence-electron chi connectivity index (χ0n) is 13.3. The molecular formula is C18H17N5O. The Balaban J connectivity index is 1.49. The van der Waals surface area contributed by atoms with Crippen LogP contribution in [0.15, 0.2) is 48.5 Å². The van der Waals surface area contributed by atoms with Crippen molar-refractivity contribution in [1.29, 1.82) is 5.41 Å². The SMILES string of the molecule is Cn1c(CC(=O)NN2Cc3ccccc3C2=N)nc2ccccc21. The number of aromatic nitrogens is 2. The number of carbonyl (C=O) groups is 1. The lowest BCUT2D eigenvalue weighted by Crippen LogP contribution is -2.43. The standard InChI is InChI=1S/C18H17N5O/c1-22-15-9-5-4-8-14(15)20-16(22)10-17(24)21-23-11-12-6-2-3-7-13(12)18(23)19/h2-9,19H,10-11H2,1H3,(H,21,24). The number of amidine groups is 1. The summed E-state index contributed by atoms with van der Waals surface area (Å²) in [5, 5.41) is 9.76. The molecule has 120 valence electrons. The van der Waals surface area contributed by atoms with Crippen molar-refractivity contribution in [3.63, 3.8) is 0 Å². The van der Waals surface area contributed by atoms with E-state index in [4.69, 9.17) is 5.41 Å². The summed E-state index contributed by atoms with van der Waals surface area (Å²) in [6.07, 6.45) is 0.172. The molecule has 6 nitrogen and oxygen atoms in total. The van der Waals surface area contributed by atoms with Gasteiger partial charge < -0.3 is 4.57 Å². The van der Waals surface area contributed by atoms with Crippen molar-refractivity contribution < 1.29 is 4.79 Å². The number of imidazole rings is 1. The average Bonchev–Trinajstić information content (AvgIpc) is 3.06. The predicted octanol–water partition coefficient (Wildman–Crippen LogP) is 1.99. The van der Waals surface area contributed by atoms with Gasteiger partial charge in [0.05, 0.1) is 24.0 Å². The maximum absolute atomic E-state index is 12.4. The van der Waals surface area contributed by atoms with Crippen molar-refractivity contribution in [3.05, 3.63) is 65.5 Å². The van der Waals surface area contributed by atoms with Gasteiger partial charge in [0.2, 0.25) is 5.91 Å². The first-order valence-electron chi connectivity index (χ1n) is 7.77. The zero-order valence-corrected chi connectivity index (χ0v) is 13.3. The molecule has 2 N–H and O–H groups in total. The lowest BCUT2D eigenvalue weighted by atomic mass is 10.1. The highest BCUT2D eigenvalue weighted by Gasteiger charge is 2.25. The minimum Gasteiger partial charge on any atom is -0.331 e. The molecule has 2 aromatic carbocycles. The summed E-state index contributed by atoms with van der Waals surface area (Å²) >= 11 is 0. The Morgan fingerprint density at radius 3 is 2.75 bits per heavy atom. The van der Waals surface area contributed by atoms with Gasteiger partial charge in [-0.1, -0.05) is 36.4 Å². The van der Waals surface area contributed by atoms with E-state index in [0.717, 1.165) is 22.2 Å². The normalized spacial score (nSPS) is 13.4. The number of fused-ring (bicyclic) bond motifs is 2. The van der Waals surface area contributed by atoms with Gasteiger partial charge in [0.15, 0.2) is 0 Å². The van der Waals surface area contributed by atoms with Crippen LogP contribution in [0.25, 0.3) is 11.0 Å². The Morgan fingerprint density at radius 1 is 1.21 bits per heavy atom. The lowest BCUT2D eigenvalue weighted by molar-refractivity contribution is -0.123. The van der Waals surface area contributed by atoms with E-state index in [1.54, 1.807) is 5.01 Å². The molecule has 6 heteroatoms. The number of nitrogens with one attached hydrogen (secondary N) is 2.